The SMILES string of the molecule is CN1CCN(C(=O)Cc2ccc(Nc3ncccn3)cc2)CC1. The second-order valence-corrected chi connectivity index (χ2v) is 5.76. The minimum Gasteiger partial charge on any atom is -0.340 e. The highest BCUT2D eigenvalue weighted by atomic mass is 16.2. The predicted molar refractivity (Wildman–Crippen MR) is 89.5 cm³/mol. The summed E-state index contributed by atoms with van der Waals surface area (Å²) in [6.07, 6.45) is 3.84. The Morgan fingerprint density at radius 1 is 1.09 bits per heavy atom. The molecule has 1 amide bonds. The number of carbonyl (C=O) groups excluding carboxylic acids is 1. The number of nitrogens with one attached hydrogen (secondary N) is 1. The zero-order chi connectivity index (χ0) is 16.1. The summed E-state index contributed by atoms with van der Waals surface area (Å²) in [4.78, 5) is 24.8. The fourth-order valence-corrected chi connectivity index (χ4v) is 2.54. The number of benzene rings is 1. The predicted octanol–water partition coefficient (Wildman–Crippen LogP) is 1.54. The lowest BCUT2D eigenvalue weighted by Gasteiger charge is -2.32. The molecule has 6 heteroatoms. The fourth-order valence-electron chi connectivity index (χ4n) is 2.54. The van der Waals surface area contributed by atoms with Crippen LogP contribution in [0.15, 0.2) is 42.7 Å². The molecule has 6 nitrogen and oxygen atoms in total. The summed E-state index contributed by atoms with van der Waals surface area (Å²) >= 11 is 0. The first-order valence-corrected chi connectivity index (χ1v) is 7.80. The van der Waals surface area contributed by atoms with Gasteiger partial charge in [-0.3, -0.25) is 4.79 Å². The van der Waals surface area contributed by atoms with E-state index in [2.05, 4.69) is 27.2 Å². The lowest BCUT2D eigenvalue weighted by molar-refractivity contribution is -0.132. The van der Waals surface area contributed by atoms with E-state index in [4.69, 9.17) is 0 Å². The van der Waals surface area contributed by atoms with Gasteiger partial charge in [-0.25, -0.2) is 9.97 Å². The maximum absolute atomic E-state index is 12.3. The summed E-state index contributed by atoms with van der Waals surface area (Å²) in [5, 5.41) is 3.13. The second kappa shape index (κ2) is 7.19. The molecule has 0 radical (unpaired) electrons. The molecule has 1 saturated heterocycles. The average molecular weight is 311 g/mol. The molecule has 0 bridgehead atoms. The van der Waals surface area contributed by atoms with Crippen molar-refractivity contribution in [1.82, 2.24) is 19.8 Å². The Hall–Kier alpha value is -2.47. The second-order valence-electron chi connectivity index (χ2n) is 5.76. The van der Waals surface area contributed by atoms with Crippen molar-refractivity contribution in [3.8, 4) is 0 Å². The third-order valence-electron chi connectivity index (χ3n) is 3.99. The third-order valence-corrected chi connectivity index (χ3v) is 3.99. The number of likely N-dealkylation sites (N-methyl/N-ethyl adjacent to an activating group) is 1. The molecular formula is C17H21N5O. The van der Waals surface area contributed by atoms with E-state index in [1.807, 2.05) is 29.2 Å². The van der Waals surface area contributed by atoms with Gasteiger partial charge < -0.3 is 15.1 Å². The Labute approximate surface area is 136 Å². The van der Waals surface area contributed by atoms with Crippen molar-refractivity contribution in [3.05, 3.63) is 48.3 Å². The molecule has 2 heterocycles. The van der Waals surface area contributed by atoms with Gasteiger partial charge in [0.15, 0.2) is 0 Å². The van der Waals surface area contributed by atoms with E-state index in [0.717, 1.165) is 37.4 Å². The van der Waals surface area contributed by atoms with E-state index < -0.39 is 0 Å². The molecule has 1 aromatic heterocycles. The van der Waals surface area contributed by atoms with E-state index >= 15 is 0 Å². The molecule has 1 fully saturated rings. The van der Waals surface area contributed by atoms with Crippen molar-refractivity contribution in [2.45, 2.75) is 6.42 Å². The first-order chi connectivity index (χ1) is 11.2. The Bertz CT molecular complexity index is 636. The van der Waals surface area contributed by atoms with Crippen LogP contribution in [-0.2, 0) is 11.2 Å². The topological polar surface area (TPSA) is 61.4 Å². The van der Waals surface area contributed by atoms with Gasteiger partial charge in [0.2, 0.25) is 11.9 Å². The smallest absolute Gasteiger partial charge is 0.227 e. The van der Waals surface area contributed by atoms with Crippen molar-refractivity contribution in [1.29, 1.82) is 0 Å². The average Bonchev–Trinajstić information content (AvgIpc) is 2.58. The first kappa shape index (κ1) is 15.4. The van der Waals surface area contributed by atoms with E-state index in [0.29, 0.717) is 12.4 Å². The van der Waals surface area contributed by atoms with E-state index in [1.165, 1.54) is 0 Å². The molecule has 1 aliphatic rings. The molecule has 23 heavy (non-hydrogen) atoms. The van der Waals surface area contributed by atoms with E-state index in [9.17, 15) is 4.79 Å². The quantitative estimate of drug-likeness (QED) is 0.928. The van der Waals surface area contributed by atoms with Crippen LogP contribution >= 0.6 is 0 Å². The summed E-state index contributed by atoms with van der Waals surface area (Å²) in [5.41, 5.74) is 1.93. The van der Waals surface area contributed by atoms with Crippen LogP contribution in [0.1, 0.15) is 5.56 Å². The lowest BCUT2D eigenvalue weighted by atomic mass is 10.1. The summed E-state index contributed by atoms with van der Waals surface area (Å²) in [5.74, 6) is 0.763. The van der Waals surface area contributed by atoms with Crippen LogP contribution in [0.2, 0.25) is 0 Å². The van der Waals surface area contributed by atoms with Crippen LogP contribution in [-0.4, -0.2) is 58.9 Å². The van der Waals surface area contributed by atoms with Gasteiger partial charge in [0, 0.05) is 44.3 Å². The van der Waals surface area contributed by atoms with Gasteiger partial charge in [-0.15, -0.1) is 0 Å². The normalized spacial score (nSPS) is 15.4. The van der Waals surface area contributed by atoms with Crippen LogP contribution in [0.4, 0.5) is 11.6 Å². The first-order valence-electron chi connectivity index (χ1n) is 7.80. The molecule has 1 aliphatic heterocycles. The molecule has 120 valence electrons. The zero-order valence-electron chi connectivity index (χ0n) is 13.3. The molecule has 0 aliphatic carbocycles. The summed E-state index contributed by atoms with van der Waals surface area (Å²) < 4.78 is 0. The molecule has 0 spiro atoms. The Balaban J connectivity index is 1.56. The number of hydrogen-bond acceptors (Lipinski definition) is 5. The van der Waals surface area contributed by atoms with E-state index in [-0.39, 0.29) is 5.91 Å². The van der Waals surface area contributed by atoms with Gasteiger partial charge in [-0.2, -0.15) is 0 Å². The van der Waals surface area contributed by atoms with Gasteiger partial charge in [0.25, 0.3) is 0 Å². The van der Waals surface area contributed by atoms with Crippen molar-refractivity contribution in [2.24, 2.45) is 0 Å². The summed E-state index contributed by atoms with van der Waals surface area (Å²) in [6, 6.07) is 9.61. The van der Waals surface area contributed by atoms with E-state index in [1.54, 1.807) is 18.5 Å². The highest BCUT2D eigenvalue weighted by Gasteiger charge is 2.18. The number of amides is 1. The number of hydrogen-bond donors (Lipinski definition) is 1. The highest BCUT2D eigenvalue weighted by Crippen LogP contribution is 2.14. The van der Waals surface area contributed by atoms with Gasteiger partial charge >= 0.3 is 0 Å². The number of piperazine rings is 1. The maximum atomic E-state index is 12.3. The Kier molecular flexibility index (Phi) is 4.83. The molecule has 3 rings (SSSR count). The molecule has 0 unspecified atom stereocenters. The number of rotatable bonds is 4. The minimum atomic E-state index is 0.199. The number of aromatic nitrogens is 2. The van der Waals surface area contributed by atoms with Crippen LogP contribution in [0.5, 0.6) is 0 Å². The van der Waals surface area contributed by atoms with Crippen LogP contribution in [0, 0.1) is 0 Å². The zero-order valence-corrected chi connectivity index (χ0v) is 13.3. The highest BCUT2D eigenvalue weighted by molar-refractivity contribution is 5.79. The van der Waals surface area contributed by atoms with Gasteiger partial charge in [-0.1, -0.05) is 12.1 Å². The van der Waals surface area contributed by atoms with Crippen molar-refractivity contribution >= 4 is 17.5 Å². The number of anilines is 2. The third kappa shape index (κ3) is 4.26. The van der Waals surface area contributed by atoms with Crippen LogP contribution in [0.3, 0.4) is 0 Å². The summed E-state index contributed by atoms with van der Waals surface area (Å²) in [6.45, 7) is 3.54. The molecule has 0 saturated carbocycles. The fraction of sp³-hybridized carbons (Fsp3) is 0.353. The largest absolute Gasteiger partial charge is 0.340 e. The molecular weight excluding hydrogens is 290 g/mol. The van der Waals surface area contributed by atoms with Gasteiger partial charge in [-0.05, 0) is 30.8 Å². The maximum Gasteiger partial charge on any atom is 0.227 e. The Morgan fingerprint density at radius 2 is 1.74 bits per heavy atom. The molecule has 2 aromatic rings. The molecule has 1 N–H and O–H groups in total. The molecule has 0 atom stereocenters. The minimum absolute atomic E-state index is 0.199. The van der Waals surface area contributed by atoms with Crippen LogP contribution in [0.25, 0.3) is 0 Å². The van der Waals surface area contributed by atoms with Crippen molar-refractivity contribution < 1.29 is 4.79 Å². The van der Waals surface area contributed by atoms with Crippen molar-refractivity contribution in [3.63, 3.8) is 0 Å². The number of carbonyl (C=O) groups is 1. The van der Waals surface area contributed by atoms with Crippen LogP contribution < -0.4 is 5.32 Å². The van der Waals surface area contributed by atoms with Gasteiger partial charge in [0.1, 0.15) is 0 Å². The molecule has 1 aromatic carbocycles. The summed E-state index contributed by atoms with van der Waals surface area (Å²) in [7, 11) is 2.09. The monoisotopic (exact) mass is 311 g/mol. The van der Waals surface area contributed by atoms with Crippen molar-refractivity contribution in [2.75, 3.05) is 38.5 Å². The lowest BCUT2D eigenvalue weighted by Crippen LogP contribution is -2.47. The number of nitrogens with zero attached hydrogens (tertiary/aromatic N) is 4. The standard InChI is InChI=1S/C17H21N5O/c1-21-9-11-22(12-10-21)16(23)13-14-3-5-15(6-4-14)20-17-18-7-2-8-19-17/h2-8H,9-13H2,1H3,(H,18,19,20). The Morgan fingerprint density at radius 3 is 2.39 bits per heavy atom. The van der Waals surface area contributed by atoms with Gasteiger partial charge in [0.05, 0.1) is 6.42 Å².